The number of ether oxygens (including phenoxy) is 2. The van der Waals surface area contributed by atoms with Crippen LogP contribution in [0.3, 0.4) is 0 Å². The summed E-state index contributed by atoms with van der Waals surface area (Å²) in [7, 11) is 0. The van der Waals surface area contributed by atoms with Crippen molar-refractivity contribution >= 4 is 12.1 Å². The molecule has 1 aromatic carbocycles. The number of piperidine rings is 1. The first kappa shape index (κ1) is 20.5. The van der Waals surface area contributed by atoms with Gasteiger partial charge in [-0.15, -0.1) is 0 Å². The summed E-state index contributed by atoms with van der Waals surface area (Å²) in [6.07, 6.45) is 3.69. The average Bonchev–Trinajstić information content (AvgIpc) is 2.74. The van der Waals surface area contributed by atoms with Crippen LogP contribution in [0, 0.1) is 5.92 Å². The van der Waals surface area contributed by atoms with E-state index in [0.717, 1.165) is 32.3 Å². The number of benzene rings is 1. The summed E-state index contributed by atoms with van der Waals surface area (Å²) in [6, 6.07) is 10.6. The predicted octanol–water partition coefficient (Wildman–Crippen LogP) is 2.68. The second kappa shape index (κ2) is 10.3. The van der Waals surface area contributed by atoms with Crippen molar-refractivity contribution in [2.75, 3.05) is 32.8 Å². The van der Waals surface area contributed by atoms with Gasteiger partial charge in [0.1, 0.15) is 0 Å². The molecule has 2 fully saturated rings. The van der Waals surface area contributed by atoms with E-state index >= 15 is 0 Å². The first-order valence-corrected chi connectivity index (χ1v) is 10.3. The summed E-state index contributed by atoms with van der Waals surface area (Å²) >= 11 is 0. The number of rotatable bonds is 5. The van der Waals surface area contributed by atoms with Crippen LogP contribution < -0.4 is 11.1 Å². The van der Waals surface area contributed by atoms with Crippen LogP contribution in [-0.2, 0) is 9.47 Å². The zero-order chi connectivity index (χ0) is 19.8. The van der Waals surface area contributed by atoms with Gasteiger partial charge in [0.2, 0.25) is 0 Å². The number of aliphatic imine (C=N–C) groups is 1. The smallest absolute Gasteiger partial charge is 0.409 e. The van der Waals surface area contributed by atoms with Crippen molar-refractivity contribution in [2.24, 2.45) is 16.6 Å². The summed E-state index contributed by atoms with van der Waals surface area (Å²) in [5.74, 6) is 0.814. The lowest BCUT2D eigenvalue weighted by atomic mass is 9.89. The molecule has 2 aliphatic heterocycles. The summed E-state index contributed by atoms with van der Waals surface area (Å²) < 4.78 is 11.1. The van der Waals surface area contributed by atoms with Gasteiger partial charge >= 0.3 is 6.09 Å². The molecular formula is C21H32N4O3. The Kier molecular flexibility index (Phi) is 7.54. The van der Waals surface area contributed by atoms with Crippen molar-refractivity contribution in [3.05, 3.63) is 35.9 Å². The first-order chi connectivity index (χ1) is 13.7. The molecule has 0 bridgehead atoms. The van der Waals surface area contributed by atoms with Crippen LogP contribution in [0.25, 0.3) is 0 Å². The molecule has 1 amide bonds. The number of nitrogens with two attached hydrogens (primary N) is 1. The van der Waals surface area contributed by atoms with Crippen molar-refractivity contribution in [1.82, 2.24) is 10.2 Å². The third-order valence-corrected chi connectivity index (χ3v) is 5.44. The molecule has 0 aliphatic carbocycles. The molecule has 3 rings (SSSR count). The van der Waals surface area contributed by atoms with Crippen LogP contribution in [0.15, 0.2) is 35.3 Å². The molecule has 0 radical (unpaired) electrons. The van der Waals surface area contributed by atoms with Gasteiger partial charge in [0, 0.05) is 38.2 Å². The number of carbonyl (C=O) groups excluding carboxylic acids is 1. The van der Waals surface area contributed by atoms with Gasteiger partial charge < -0.3 is 25.4 Å². The van der Waals surface area contributed by atoms with Crippen LogP contribution in [0.1, 0.15) is 44.3 Å². The van der Waals surface area contributed by atoms with Gasteiger partial charge in [-0.25, -0.2) is 4.79 Å². The number of nitrogens with one attached hydrogen (secondary N) is 1. The number of nitrogens with zero attached hydrogens (tertiary/aromatic N) is 2. The number of carbonyl (C=O) groups is 1. The zero-order valence-electron chi connectivity index (χ0n) is 16.7. The van der Waals surface area contributed by atoms with Crippen molar-refractivity contribution in [1.29, 1.82) is 0 Å². The lowest BCUT2D eigenvalue weighted by Gasteiger charge is -2.32. The summed E-state index contributed by atoms with van der Waals surface area (Å²) in [5, 5.41) is 3.31. The molecule has 7 heteroatoms. The fourth-order valence-corrected chi connectivity index (χ4v) is 3.93. The van der Waals surface area contributed by atoms with Crippen LogP contribution >= 0.6 is 0 Å². The topological polar surface area (TPSA) is 89.2 Å². The monoisotopic (exact) mass is 388 g/mol. The quantitative estimate of drug-likeness (QED) is 0.598. The van der Waals surface area contributed by atoms with E-state index in [9.17, 15) is 4.79 Å². The van der Waals surface area contributed by atoms with Gasteiger partial charge in [0.25, 0.3) is 0 Å². The molecule has 1 aromatic rings. The molecule has 2 aliphatic rings. The number of amides is 1. The highest BCUT2D eigenvalue weighted by atomic mass is 16.6. The lowest BCUT2D eigenvalue weighted by Crippen LogP contribution is -2.48. The van der Waals surface area contributed by atoms with Gasteiger partial charge in [-0.1, -0.05) is 30.3 Å². The van der Waals surface area contributed by atoms with Crippen LogP contribution in [0.4, 0.5) is 4.79 Å². The molecule has 0 saturated carbocycles. The Morgan fingerprint density at radius 2 is 2.04 bits per heavy atom. The van der Waals surface area contributed by atoms with Crippen LogP contribution in [0.2, 0.25) is 0 Å². The van der Waals surface area contributed by atoms with Gasteiger partial charge in [-0.2, -0.15) is 0 Å². The number of hydrogen-bond donors (Lipinski definition) is 2. The first-order valence-electron chi connectivity index (χ1n) is 10.3. The summed E-state index contributed by atoms with van der Waals surface area (Å²) in [4.78, 5) is 18.1. The highest BCUT2D eigenvalue weighted by Gasteiger charge is 2.27. The molecule has 2 unspecified atom stereocenters. The van der Waals surface area contributed by atoms with E-state index in [4.69, 9.17) is 15.2 Å². The van der Waals surface area contributed by atoms with E-state index in [1.54, 1.807) is 4.90 Å². The van der Waals surface area contributed by atoms with Crippen LogP contribution in [-0.4, -0.2) is 55.8 Å². The Bertz CT molecular complexity index is 644. The largest absolute Gasteiger partial charge is 0.450 e. The SMILES string of the molecule is CCOC(=O)N1CCC(NC(N)=NCC2CCCOC2c2ccccc2)CC1. The molecule has 2 saturated heterocycles. The Labute approximate surface area is 167 Å². The molecule has 0 aromatic heterocycles. The molecule has 28 heavy (non-hydrogen) atoms. The number of guanidine groups is 1. The van der Waals surface area contributed by atoms with E-state index in [1.165, 1.54) is 5.56 Å². The highest BCUT2D eigenvalue weighted by molar-refractivity contribution is 5.78. The Morgan fingerprint density at radius 3 is 2.75 bits per heavy atom. The minimum absolute atomic E-state index is 0.0827. The third-order valence-electron chi connectivity index (χ3n) is 5.44. The zero-order valence-corrected chi connectivity index (χ0v) is 16.7. The summed E-state index contributed by atoms with van der Waals surface area (Å²) in [6.45, 7) is 5.04. The highest BCUT2D eigenvalue weighted by Crippen LogP contribution is 2.33. The third kappa shape index (κ3) is 5.61. The van der Waals surface area contributed by atoms with E-state index in [0.29, 0.717) is 38.1 Å². The fourth-order valence-electron chi connectivity index (χ4n) is 3.93. The molecular weight excluding hydrogens is 356 g/mol. The molecule has 2 atom stereocenters. The Balaban J connectivity index is 1.48. The number of hydrogen-bond acceptors (Lipinski definition) is 4. The van der Waals surface area contributed by atoms with E-state index in [-0.39, 0.29) is 18.2 Å². The minimum Gasteiger partial charge on any atom is -0.450 e. The molecule has 154 valence electrons. The fraction of sp³-hybridized carbons (Fsp3) is 0.619. The number of likely N-dealkylation sites (tertiary alicyclic amines) is 1. The second-order valence-corrected chi connectivity index (χ2v) is 7.43. The molecule has 3 N–H and O–H groups in total. The van der Waals surface area contributed by atoms with Gasteiger partial charge in [-0.3, -0.25) is 4.99 Å². The van der Waals surface area contributed by atoms with Crippen molar-refractivity contribution in [3.8, 4) is 0 Å². The summed E-state index contributed by atoms with van der Waals surface area (Å²) in [5.41, 5.74) is 7.35. The standard InChI is InChI=1S/C21H32N4O3/c1-2-27-21(26)25-12-10-18(11-13-25)24-20(22)23-15-17-9-6-14-28-19(17)16-7-4-3-5-8-16/h3-5,7-8,17-19H,2,6,9-15H2,1H3,(H3,22,23,24). The maximum atomic E-state index is 11.8. The predicted molar refractivity (Wildman–Crippen MR) is 109 cm³/mol. The normalized spacial score (nSPS) is 24.0. The van der Waals surface area contributed by atoms with Crippen molar-refractivity contribution in [2.45, 2.75) is 44.8 Å². The average molecular weight is 389 g/mol. The Hall–Kier alpha value is -2.28. The van der Waals surface area contributed by atoms with E-state index in [1.807, 2.05) is 25.1 Å². The van der Waals surface area contributed by atoms with Gasteiger partial charge in [0.15, 0.2) is 5.96 Å². The molecule has 2 heterocycles. The minimum atomic E-state index is -0.230. The van der Waals surface area contributed by atoms with E-state index in [2.05, 4.69) is 22.4 Å². The maximum Gasteiger partial charge on any atom is 0.409 e. The Morgan fingerprint density at radius 1 is 1.29 bits per heavy atom. The van der Waals surface area contributed by atoms with Gasteiger partial charge in [0.05, 0.1) is 12.7 Å². The second-order valence-electron chi connectivity index (χ2n) is 7.43. The van der Waals surface area contributed by atoms with Crippen LogP contribution in [0.5, 0.6) is 0 Å². The van der Waals surface area contributed by atoms with Gasteiger partial charge in [-0.05, 0) is 38.2 Å². The maximum absolute atomic E-state index is 11.8. The van der Waals surface area contributed by atoms with Crippen molar-refractivity contribution < 1.29 is 14.3 Å². The molecule has 7 nitrogen and oxygen atoms in total. The van der Waals surface area contributed by atoms with Crippen molar-refractivity contribution in [3.63, 3.8) is 0 Å². The van der Waals surface area contributed by atoms with E-state index < -0.39 is 0 Å². The molecule has 0 spiro atoms. The lowest BCUT2D eigenvalue weighted by molar-refractivity contribution is -0.0250.